The fourth-order valence-electron chi connectivity index (χ4n) is 2.73. The maximum Gasteiger partial charge on any atom is 0.374 e. The zero-order chi connectivity index (χ0) is 29.4. The van der Waals surface area contributed by atoms with E-state index in [1.807, 2.05) is 0 Å². The van der Waals surface area contributed by atoms with E-state index in [9.17, 15) is 101 Å². The fourth-order valence-corrected chi connectivity index (χ4v) is 9.59. The van der Waals surface area contributed by atoms with Crippen molar-refractivity contribution in [2.75, 3.05) is 0 Å². The van der Waals surface area contributed by atoms with Crippen LogP contribution in [0.1, 0.15) is 16.7 Å². The number of aliphatic hydroxyl groups is 3. The molecule has 0 fully saturated rings. The lowest BCUT2D eigenvalue weighted by atomic mass is 10.1. The number of benzene rings is 1. The smallest absolute Gasteiger partial charge is 0.364 e. The van der Waals surface area contributed by atoms with E-state index < -0.39 is 95.7 Å². The van der Waals surface area contributed by atoms with E-state index in [2.05, 4.69) is 0 Å². The highest BCUT2D eigenvalue weighted by Crippen LogP contribution is 2.78. The Morgan fingerprint density at radius 3 is 0.556 bits per heavy atom. The van der Waals surface area contributed by atoms with Crippen LogP contribution in [0.5, 0.6) is 0 Å². The molecule has 21 nitrogen and oxygen atoms in total. The summed E-state index contributed by atoms with van der Waals surface area (Å²) in [5.41, 5.74) is -6.51. The third-order valence-electron chi connectivity index (χ3n) is 4.53. The summed E-state index contributed by atoms with van der Waals surface area (Å²) in [6, 6.07) is -1.42. The summed E-state index contributed by atoms with van der Waals surface area (Å²) >= 11 is 0. The van der Waals surface area contributed by atoms with Gasteiger partial charge < -0.3 is 74.0 Å². The molecule has 0 aliphatic heterocycles. The van der Waals surface area contributed by atoms with Crippen LogP contribution in [0.25, 0.3) is 0 Å². The largest absolute Gasteiger partial charge is 0.374 e. The highest BCUT2D eigenvalue weighted by molar-refractivity contribution is 7.72. The van der Waals surface area contributed by atoms with Gasteiger partial charge in [-0.2, -0.15) is 0 Å². The van der Waals surface area contributed by atoms with Gasteiger partial charge in [-0.05, 0) is 18.2 Å². The molecule has 0 atom stereocenters. The first-order valence-corrected chi connectivity index (χ1v) is 17.7. The average molecular weight is 648 g/mol. The second-order valence-electron chi connectivity index (χ2n) is 6.97. The molecule has 0 radical (unpaired) electrons. The molecule has 0 aromatic heterocycles. The normalized spacial score (nSPS) is 15.8. The molecule has 1 aromatic rings. The molecule has 0 unspecified atom stereocenters. The van der Waals surface area contributed by atoms with Gasteiger partial charge in [-0.15, -0.1) is 0 Å². The summed E-state index contributed by atoms with van der Waals surface area (Å²) in [5.74, 6) is 0. The Hall–Kier alpha value is -0.000000000000000153. The summed E-state index contributed by atoms with van der Waals surface area (Å²) in [4.78, 5) is 113. The molecule has 15 N–H and O–H groups in total. The third kappa shape index (κ3) is 5.25. The van der Waals surface area contributed by atoms with Gasteiger partial charge >= 0.3 is 45.6 Å². The van der Waals surface area contributed by atoms with Crippen molar-refractivity contribution in [3.63, 3.8) is 0 Å². The lowest BCUT2D eigenvalue weighted by molar-refractivity contribution is 0.121. The number of hydrogen-bond acceptors (Lipinski definition) is 9. The van der Waals surface area contributed by atoms with Gasteiger partial charge in [0.05, 0.1) is 0 Å². The molecule has 0 spiro atoms. The Morgan fingerprint density at radius 2 is 0.472 bits per heavy atom. The predicted molar refractivity (Wildman–Crippen MR) is 110 cm³/mol. The maximum atomic E-state index is 11.8. The van der Waals surface area contributed by atoms with Gasteiger partial charge in [0.1, 0.15) is 0 Å². The molecule has 0 amide bonds. The van der Waals surface area contributed by atoms with Gasteiger partial charge in [-0.3, -0.25) is 27.4 Å². The molecule has 27 heteroatoms. The quantitative estimate of drug-likeness (QED) is 0.119. The third-order valence-corrected chi connectivity index (χ3v) is 15.6. The maximum absolute atomic E-state index is 11.8. The molecule has 36 heavy (non-hydrogen) atoms. The van der Waals surface area contributed by atoms with Crippen LogP contribution in [0, 0.1) is 0 Å². The molecule has 0 aliphatic carbocycles. The van der Waals surface area contributed by atoms with Crippen molar-refractivity contribution in [2.45, 2.75) is 15.2 Å². The Morgan fingerprint density at radius 1 is 0.361 bits per heavy atom. The zero-order valence-corrected chi connectivity index (χ0v) is 21.9. The van der Waals surface area contributed by atoms with Crippen molar-refractivity contribution in [1.82, 2.24) is 0 Å². The first kappa shape index (κ1) is 34.0. The fraction of sp³-hybridized carbons (Fsp3) is 0.333. The van der Waals surface area contributed by atoms with E-state index in [4.69, 9.17) is 0 Å². The summed E-state index contributed by atoms with van der Waals surface area (Å²) < 4.78 is 70.9. The van der Waals surface area contributed by atoms with Crippen molar-refractivity contribution < 1.29 is 101 Å². The molecule has 0 saturated heterocycles. The van der Waals surface area contributed by atoms with E-state index >= 15 is 0 Å². The molecule has 1 rings (SSSR count). The van der Waals surface area contributed by atoms with Gasteiger partial charge in [0, 0.05) is 16.7 Å². The van der Waals surface area contributed by atoms with Gasteiger partial charge in [-0.1, -0.05) is 0 Å². The summed E-state index contributed by atoms with van der Waals surface area (Å²) in [6.07, 6.45) is 0. The predicted octanol–water partition coefficient (Wildman–Crippen LogP) is -2.94. The molecule has 0 saturated carbocycles. The summed E-state index contributed by atoms with van der Waals surface area (Å²) in [6.45, 7) is 0. The van der Waals surface area contributed by atoms with Crippen LogP contribution in [-0.4, -0.2) is 74.0 Å². The molecular formula is C9H18O21P6. The van der Waals surface area contributed by atoms with Crippen LogP contribution in [0.15, 0.2) is 18.2 Å². The van der Waals surface area contributed by atoms with E-state index in [0.717, 1.165) is 0 Å². The van der Waals surface area contributed by atoms with Crippen molar-refractivity contribution in [3.05, 3.63) is 34.9 Å². The average Bonchev–Trinajstić information content (AvgIpc) is 2.59. The van der Waals surface area contributed by atoms with Gasteiger partial charge in [0.25, 0.3) is 15.2 Å². The monoisotopic (exact) mass is 648 g/mol. The number of hydrogen-bond donors (Lipinski definition) is 15. The van der Waals surface area contributed by atoms with Crippen LogP contribution in [-0.2, 0) is 42.6 Å². The topological polar surface area (TPSA) is 406 Å². The van der Waals surface area contributed by atoms with Crippen molar-refractivity contribution >= 4 is 45.6 Å². The van der Waals surface area contributed by atoms with Crippen LogP contribution in [0.3, 0.4) is 0 Å². The minimum absolute atomic E-state index is 0.473. The van der Waals surface area contributed by atoms with E-state index in [0.29, 0.717) is 0 Å². The van der Waals surface area contributed by atoms with E-state index in [-0.39, 0.29) is 0 Å². The van der Waals surface area contributed by atoms with Crippen LogP contribution in [0.2, 0.25) is 0 Å². The van der Waals surface area contributed by atoms with Gasteiger partial charge in [-0.25, -0.2) is 0 Å². The standard InChI is InChI=1S/C9H18O21P6/c10-7(31(13,14)15,32(16,17)18)4-1-5(8(11,33(19,20)21)34(22,23)24)3-6(2-4)9(12,35(25,26)27)36(28,29)30/h1-3,10-12H,(H2,13,14,15)(H2,16,17,18)(H2,19,20,21)(H2,22,23,24)(H2,25,26,27)(H2,28,29,30). The van der Waals surface area contributed by atoms with E-state index in [1.165, 1.54) is 0 Å². The molecule has 0 bridgehead atoms. The minimum atomic E-state index is -6.69. The van der Waals surface area contributed by atoms with Crippen molar-refractivity contribution in [2.24, 2.45) is 0 Å². The Kier molecular flexibility index (Phi) is 8.78. The highest BCUT2D eigenvalue weighted by atomic mass is 31.3. The van der Waals surface area contributed by atoms with Gasteiger partial charge in [0.2, 0.25) is 0 Å². The molecular weight excluding hydrogens is 630 g/mol. The highest BCUT2D eigenvalue weighted by Gasteiger charge is 2.66. The molecule has 1 aromatic carbocycles. The molecule has 0 heterocycles. The Balaban J connectivity index is 4.68. The molecule has 210 valence electrons. The Bertz CT molecular complexity index is 1090. The number of rotatable bonds is 9. The lowest BCUT2D eigenvalue weighted by Crippen LogP contribution is -2.32. The minimum Gasteiger partial charge on any atom is -0.364 e. The second-order valence-corrected chi connectivity index (χ2v) is 18.4. The van der Waals surface area contributed by atoms with E-state index in [1.54, 1.807) is 0 Å². The first-order chi connectivity index (χ1) is 15.3. The van der Waals surface area contributed by atoms with Crippen LogP contribution < -0.4 is 0 Å². The van der Waals surface area contributed by atoms with Crippen LogP contribution in [0.4, 0.5) is 0 Å². The molecule has 0 aliphatic rings. The van der Waals surface area contributed by atoms with Crippen LogP contribution >= 0.6 is 45.6 Å². The van der Waals surface area contributed by atoms with Crippen molar-refractivity contribution in [1.29, 1.82) is 0 Å². The lowest BCUT2D eigenvalue weighted by Gasteiger charge is -2.36. The Labute approximate surface area is 197 Å². The summed E-state index contributed by atoms with van der Waals surface area (Å²) in [5, 5.41) is 16.1. The zero-order valence-electron chi connectivity index (χ0n) is 16.6. The van der Waals surface area contributed by atoms with Crippen molar-refractivity contribution in [3.8, 4) is 0 Å². The van der Waals surface area contributed by atoms with Gasteiger partial charge in [0.15, 0.2) is 0 Å². The summed E-state index contributed by atoms with van der Waals surface area (Å²) in [7, 11) is -40.1. The second kappa shape index (κ2) is 9.29. The first-order valence-electron chi connectivity index (χ1n) is 7.99. The SMILES string of the molecule is O=P(O)(O)C(O)(c1cc(C(O)(P(=O)(O)O)P(=O)(O)O)cc(C(O)(P(=O)(O)O)P(=O)(O)O)c1)P(=O)(O)O.